The van der Waals surface area contributed by atoms with Gasteiger partial charge in [-0.2, -0.15) is 0 Å². The number of allylic oxidation sites excluding steroid dienone is 2. The molecule has 0 radical (unpaired) electrons. The minimum Gasteiger partial charge on any atom is -0.299 e. The molecule has 0 unspecified atom stereocenters. The third kappa shape index (κ3) is 1.52. The van der Waals surface area contributed by atoms with Crippen LogP contribution in [0, 0.1) is 18.3 Å². The molecule has 104 valence electrons. The van der Waals surface area contributed by atoms with E-state index in [4.69, 9.17) is 0 Å². The standard InChI is InChI=1S/C19H22O/c1-12-3-5-14-13(11-12)4-6-16-15(14)9-10-19(2)17(16)7-8-18(19)20/h3,5,11,17H,4,6-10H2,1-2H3/t17-,19-/m0/s1. The zero-order valence-electron chi connectivity index (χ0n) is 12.5. The van der Waals surface area contributed by atoms with Crippen LogP contribution in [0.15, 0.2) is 23.8 Å². The molecule has 0 aliphatic heterocycles. The van der Waals surface area contributed by atoms with Crippen LogP contribution in [0.3, 0.4) is 0 Å². The molecule has 1 nitrogen and oxygen atoms in total. The van der Waals surface area contributed by atoms with E-state index in [1.165, 1.54) is 23.1 Å². The van der Waals surface area contributed by atoms with E-state index in [2.05, 4.69) is 32.0 Å². The highest BCUT2D eigenvalue weighted by Gasteiger charge is 2.50. The summed E-state index contributed by atoms with van der Waals surface area (Å²) in [6, 6.07) is 6.91. The fourth-order valence-electron chi connectivity index (χ4n) is 4.83. The van der Waals surface area contributed by atoms with Crippen molar-refractivity contribution in [1.29, 1.82) is 0 Å². The van der Waals surface area contributed by atoms with Gasteiger partial charge in [0.25, 0.3) is 0 Å². The van der Waals surface area contributed by atoms with E-state index in [1.54, 1.807) is 11.1 Å². The van der Waals surface area contributed by atoms with Crippen LogP contribution in [0.2, 0.25) is 0 Å². The van der Waals surface area contributed by atoms with Gasteiger partial charge in [0.05, 0.1) is 0 Å². The molecule has 0 saturated heterocycles. The minimum absolute atomic E-state index is 0.0406. The number of benzene rings is 1. The number of Topliss-reactive ketones (excluding diaryl/α,β-unsaturated/α-hetero) is 1. The maximum absolute atomic E-state index is 12.3. The molecule has 0 amide bonds. The first-order valence-electron chi connectivity index (χ1n) is 7.95. The van der Waals surface area contributed by atoms with Crippen LogP contribution < -0.4 is 0 Å². The van der Waals surface area contributed by atoms with Crippen molar-refractivity contribution >= 4 is 11.4 Å². The van der Waals surface area contributed by atoms with Gasteiger partial charge in [-0.3, -0.25) is 4.79 Å². The second-order valence-electron chi connectivity index (χ2n) is 7.10. The maximum atomic E-state index is 12.3. The number of fused-ring (bicyclic) bond motifs is 4. The summed E-state index contributed by atoms with van der Waals surface area (Å²) in [6.07, 6.45) is 6.40. The molecule has 20 heavy (non-hydrogen) atoms. The lowest BCUT2D eigenvalue weighted by molar-refractivity contribution is -0.126. The first-order valence-corrected chi connectivity index (χ1v) is 7.95. The van der Waals surface area contributed by atoms with Gasteiger partial charge in [-0.1, -0.05) is 36.3 Å². The Labute approximate surface area is 121 Å². The third-order valence-electron chi connectivity index (χ3n) is 6.02. The monoisotopic (exact) mass is 266 g/mol. The Balaban J connectivity index is 1.85. The number of hydrogen-bond acceptors (Lipinski definition) is 1. The predicted molar refractivity (Wildman–Crippen MR) is 81.5 cm³/mol. The second kappa shape index (κ2) is 4.07. The van der Waals surface area contributed by atoms with E-state index >= 15 is 0 Å². The molecule has 0 bridgehead atoms. The minimum atomic E-state index is -0.0406. The number of carbonyl (C=O) groups excluding carboxylic acids is 1. The summed E-state index contributed by atoms with van der Waals surface area (Å²) in [5.74, 6) is 1.05. The lowest BCUT2D eigenvalue weighted by Gasteiger charge is -2.40. The molecular weight excluding hydrogens is 244 g/mol. The number of hydrogen-bond donors (Lipinski definition) is 0. The van der Waals surface area contributed by atoms with E-state index in [-0.39, 0.29) is 5.41 Å². The Hall–Kier alpha value is -1.37. The zero-order valence-corrected chi connectivity index (χ0v) is 12.5. The number of aryl methyl sites for hydroxylation is 2. The van der Waals surface area contributed by atoms with Crippen molar-refractivity contribution in [2.75, 3.05) is 0 Å². The molecule has 0 aromatic heterocycles. The summed E-state index contributed by atoms with van der Waals surface area (Å²) in [7, 11) is 0. The lowest BCUT2D eigenvalue weighted by atomic mass is 9.63. The third-order valence-corrected chi connectivity index (χ3v) is 6.02. The van der Waals surface area contributed by atoms with Gasteiger partial charge in [-0.05, 0) is 61.6 Å². The average molecular weight is 266 g/mol. The molecule has 3 aliphatic carbocycles. The predicted octanol–water partition coefficient (Wildman–Crippen LogP) is 4.47. The van der Waals surface area contributed by atoms with Crippen LogP contribution in [0.1, 0.15) is 55.7 Å². The van der Waals surface area contributed by atoms with Crippen LogP contribution >= 0.6 is 0 Å². The summed E-state index contributed by atoms with van der Waals surface area (Å²) >= 11 is 0. The van der Waals surface area contributed by atoms with Crippen molar-refractivity contribution in [3.05, 3.63) is 40.5 Å². The van der Waals surface area contributed by atoms with Crippen molar-refractivity contribution in [3.63, 3.8) is 0 Å². The molecule has 3 aliphatic rings. The Morgan fingerprint density at radius 3 is 2.85 bits per heavy atom. The lowest BCUT2D eigenvalue weighted by Crippen LogP contribution is -2.34. The van der Waals surface area contributed by atoms with Gasteiger partial charge < -0.3 is 0 Å². The molecule has 1 fully saturated rings. The molecular formula is C19H22O. The van der Waals surface area contributed by atoms with Gasteiger partial charge in [-0.15, -0.1) is 0 Å². The van der Waals surface area contributed by atoms with E-state index in [0.717, 1.165) is 32.1 Å². The average Bonchev–Trinajstić information content (AvgIpc) is 2.74. The van der Waals surface area contributed by atoms with Crippen molar-refractivity contribution in [2.24, 2.45) is 11.3 Å². The zero-order chi connectivity index (χ0) is 13.9. The molecule has 2 atom stereocenters. The fourth-order valence-corrected chi connectivity index (χ4v) is 4.83. The number of carbonyl (C=O) groups is 1. The van der Waals surface area contributed by atoms with E-state index in [9.17, 15) is 4.79 Å². The Morgan fingerprint density at radius 2 is 2.00 bits per heavy atom. The van der Waals surface area contributed by atoms with E-state index in [0.29, 0.717) is 11.7 Å². The summed E-state index contributed by atoms with van der Waals surface area (Å²) in [5.41, 5.74) is 7.55. The van der Waals surface area contributed by atoms with Gasteiger partial charge in [0.2, 0.25) is 0 Å². The van der Waals surface area contributed by atoms with Crippen LogP contribution in [-0.4, -0.2) is 5.78 Å². The largest absolute Gasteiger partial charge is 0.299 e. The molecule has 1 aromatic rings. The molecule has 0 N–H and O–H groups in total. The summed E-state index contributed by atoms with van der Waals surface area (Å²) in [4.78, 5) is 12.3. The van der Waals surface area contributed by atoms with Crippen molar-refractivity contribution in [3.8, 4) is 0 Å². The first-order chi connectivity index (χ1) is 9.59. The number of rotatable bonds is 0. The van der Waals surface area contributed by atoms with Gasteiger partial charge in [-0.25, -0.2) is 0 Å². The molecule has 1 aromatic carbocycles. The summed E-state index contributed by atoms with van der Waals surface area (Å²) in [6.45, 7) is 4.40. The number of ketones is 1. The van der Waals surface area contributed by atoms with Crippen molar-refractivity contribution in [2.45, 2.75) is 52.4 Å². The molecule has 0 heterocycles. The van der Waals surface area contributed by atoms with Crippen LogP contribution in [0.25, 0.3) is 5.57 Å². The molecule has 4 rings (SSSR count). The SMILES string of the molecule is Cc1ccc2c(c1)CCC1=C2CC[C@]2(C)C(=O)CC[C@@H]12. The van der Waals surface area contributed by atoms with Crippen LogP contribution in [0.4, 0.5) is 0 Å². The fraction of sp³-hybridized carbons (Fsp3) is 0.526. The Bertz CT molecular complexity index is 637. The molecule has 1 saturated carbocycles. The second-order valence-corrected chi connectivity index (χ2v) is 7.10. The van der Waals surface area contributed by atoms with Gasteiger partial charge in [0, 0.05) is 11.8 Å². The van der Waals surface area contributed by atoms with Crippen LogP contribution in [-0.2, 0) is 11.2 Å². The Kier molecular flexibility index (Phi) is 2.52. The van der Waals surface area contributed by atoms with E-state index in [1.807, 2.05) is 0 Å². The van der Waals surface area contributed by atoms with Crippen LogP contribution in [0.5, 0.6) is 0 Å². The normalized spacial score (nSPS) is 31.9. The topological polar surface area (TPSA) is 17.1 Å². The smallest absolute Gasteiger partial charge is 0.139 e. The Morgan fingerprint density at radius 1 is 1.15 bits per heavy atom. The first kappa shape index (κ1) is 12.4. The molecule has 0 spiro atoms. The van der Waals surface area contributed by atoms with Gasteiger partial charge in [0.1, 0.15) is 5.78 Å². The highest BCUT2D eigenvalue weighted by molar-refractivity contribution is 5.90. The van der Waals surface area contributed by atoms with Crippen molar-refractivity contribution < 1.29 is 4.79 Å². The van der Waals surface area contributed by atoms with Gasteiger partial charge >= 0.3 is 0 Å². The van der Waals surface area contributed by atoms with E-state index < -0.39 is 0 Å². The highest BCUT2D eigenvalue weighted by atomic mass is 16.1. The van der Waals surface area contributed by atoms with Gasteiger partial charge in [0.15, 0.2) is 0 Å². The maximum Gasteiger partial charge on any atom is 0.139 e. The highest BCUT2D eigenvalue weighted by Crippen LogP contribution is 2.56. The summed E-state index contributed by atoms with van der Waals surface area (Å²) < 4.78 is 0. The summed E-state index contributed by atoms with van der Waals surface area (Å²) in [5, 5.41) is 0. The quantitative estimate of drug-likeness (QED) is 0.677. The molecule has 1 heteroatoms. The van der Waals surface area contributed by atoms with Crippen molar-refractivity contribution in [1.82, 2.24) is 0 Å².